The molecule has 0 fully saturated rings. The number of hydrogen-bond donors (Lipinski definition) is 0. The summed E-state index contributed by atoms with van der Waals surface area (Å²) in [4.78, 5) is 0. The molecule has 4 heteroatoms. The number of ether oxygens (including phenoxy) is 1. The summed E-state index contributed by atoms with van der Waals surface area (Å²) >= 11 is 0. The fraction of sp³-hybridized carbons (Fsp3) is 0.143. The molecule has 0 amide bonds. The van der Waals surface area contributed by atoms with Gasteiger partial charge in [-0.25, -0.2) is 8.78 Å². The van der Waals surface area contributed by atoms with Crippen LogP contribution in [0.4, 0.5) is 13.2 Å². The molecule has 0 aliphatic heterocycles. The van der Waals surface area contributed by atoms with Crippen molar-refractivity contribution in [3.8, 4) is 5.75 Å². The number of hydrogen-bond acceptors (Lipinski definition) is 1. The Morgan fingerprint density at radius 3 is 2.45 bits per heavy atom. The van der Waals surface area contributed by atoms with Crippen LogP contribution in [0.2, 0.25) is 0 Å². The van der Waals surface area contributed by atoms with Gasteiger partial charge in [-0.2, -0.15) is 4.39 Å². The molecule has 0 bridgehead atoms. The van der Waals surface area contributed by atoms with E-state index in [1.165, 1.54) is 0 Å². The monoisotopic (exact) mass is 161 g/mol. The Hall–Kier alpha value is -1.19. The molecule has 1 nitrogen and oxygen atoms in total. The summed E-state index contributed by atoms with van der Waals surface area (Å²) in [5, 5.41) is 0. The summed E-state index contributed by atoms with van der Waals surface area (Å²) in [5.41, 5.74) is 0. The second-order valence-electron chi connectivity index (χ2n) is 1.80. The lowest BCUT2D eigenvalue weighted by Crippen LogP contribution is -1.94. The molecule has 11 heavy (non-hydrogen) atoms. The standard InChI is InChI=1S/C7H4F3O/c1-11-5-3-2-4(8)6(9)7(5)10/h2H,1H3. The van der Waals surface area contributed by atoms with Crippen LogP contribution >= 0.6 is 0 Å². The van der Waals surface area contributed by atoms with Gasteiger partial charge in [0.1, 0.15) is 0 Å². The SMILES string of the molecule is COc1[c]cc(F)c(F)c1F. The Morgan fingerprint density at radius 2 is 1.91 bits per heavy atom. The van der Waals surface area contributed by atoms with E-state index >= 15 is 0 Å². The Bertz CT molecular complexity index is 273. The fourth-order valence-corrected chi connectivity index (χ4v) is 0.609. The van der Waals surface area contributed by atoms with Crippen LogP contribution in [0.5, 0.6) is 5.75 Å². The third-order valence-electron chi connectivity index (χ3n) is 1.14. The van der Waals surface area contributed by atoms with Crippen molar-refractivity contribution < 1.29 is 17.9 Å². The highest BCUT2D eigenvalue weighted by Crippen LogP contribution is 2.20. The molecule has 0 aromatic heterocycles. The summed E-state index contributed by atoms with van der Waals surface area (Å²) in [6.07, 6.45) is 0. The highest BCUT2D eigenvalue weighted by Gasteiger charge is 2.13. The highest BCUT2D eigenvalue weighted by atomic mass is 19.2. The van der Waals surface area contributed by atoms with Crippen LogP contribution in [0, 0.1) is 23.5 Å². The van der Waals surface area contributed by atoms with Crippen molar-refractivity contribution in [1.29, 1.82) is 0 Å². The summed E-state index contributed by atoms with van der Waals surface area (Å²) < 4.78 is 41.4. The maximum Gasteiger partial charge on any atom is 0.204 e. The average molecular weight is 161 g/mol. The van der Waals surface area contributed by atoms with Crippen molar-refractivity contribution in [2.75, 3.05) is 7.11 Å². The van der Waals surface area contributed by atoms with Crippen molar-refractivity contribution in [2.24, 2.45) is 0 Å². The topological polar surface area (TPSA) is 9.23 Å². The Kier molecular flexibility index (Phi) is 2.03. The van der Waals surface area contributed by atoms with Gasteiger partial charge in [0, 0.05) is 6.07 Å². The van der Waals surface area contributed by atoms with Crippen LogP contribution in [0.1, 0.15) is 0 Å². The van der Waals surface area contributed by atoms with Gasteiger partial charge in [0.05, 0.1) is 7.11 Å². The van der Waals surface area contributed by atoms with E-state index in [0.717, 1.165) is 7.11 Å². The Balaban J connectivity index is 3.25. The first-order valence-electron chi connectivity index (χ1n) is 2.76. The van der Waals surface area contributed by atoms with Crippen LogP contribution < -0.4 is 4.74 Å². The minimum absolute atomic E-state index is 0.427. The third-order valence-corrected chi connectivity index (χ3v) is 1.14. The van der Waals surface area contributed by atoms with Crippen molar-refractivity contribution in [2.45, 2.75) is 0 Å². The molecule has 1 aromatic carbocycles. The number of halogens is 3. The van der Waals surface area contributed by atoms with Gasteiger partial charge < -0.3 is 4.74 Å². The molecule has 0 saturated heterocycles. The lowest BCUT2D eigenvalue weighted by molar-refractivity contribution is 0.359. The normalized spacial score (nSPS) is 9.82. The van der Waals surface area contributed by atoms with Gasteiger partial charge in [0.15, 0.2) is 17.4 Å². The fourth-order valence-electron chi connectivity index (χ4n) is 0.609. The van der Waals surface area contributed by atoms with Crippen molar-refractivity contribution in [3.05, 3.63) is 29.6 Å². The lowest BCUT2D eigenvalue weighted by atomic mass is 10.3. The van der Waals surface area contributed by atoms with Crippen LogP contribution in [-0.2, 0) is 0 Å². The summed E-state index contributed by atoms with van der Waals surface area (Å²) in [5.74, 6) is -4.60. The summed E-state index contributed by atoms with van der Waals surface area (Å²) in [6.45, 7) is 0. The third kappa shape index (κ3) is 1.29. The second-order valence-corrected chi connectivity index (χ2v) is 1.80. The molecular weight excluding hydrogens is 157 g/mol. The molecule has 0 atom stereocenters. The van der Waals surface area contributed by atoms with Gasteiger partial charge in [-0.3, -0.25) is 0 Å². The van der Waals surface area contributed by atoms with E-state index < -0.39 is 23.2 Å². The molecule has 0 unspecified atom stereocenters. The maximum absolute atomic E-state index is 12.5. The molecule has 0 saturated carbocycles. The molecular formula is C7H4F3O. The number of benzene rings is 1. The first kappa shape index (κ1) is 7.91. The van der Waals surface area contributed by atoms with E-state index in [2.05, 4.69) is 10.8 Å². The van der Waals surface area contributed by atoms with Gasteiger partial charge in [-0.05, 0) is 6.07 Å². The average Bonchev–Trinajstić information content (AvgIpc) is 2.01. The molecule has 0 N–H and O–H groups in total. The molecule has 1 rings (SSSR count). The molecule has 0 aliphatic carbocycles. The predicted octanol–water partition coefficient (Wildman–Crippen LogP) is 1.91. The van der Waals surface area contributed by atoms with E-state index in [4.69, 9.17) is 0 Å². The van der Waals surface area contributed by atoms with Gasteiger partial charge in [0.2, 0.25) is 5.82 Å². The quantitative estimate of drug-likeness (QED) is 0.571. The minimum atomic E-state index is -1.54. The lowest BCUT2D eigenvalue weighted by Gasteiger charge is -2.00. The van der Waals surface area contributed by atoms with Crippen LogP contribution in [0.15, 0.2) is 6.07 Å². The van der Waals surface area contributed by atoms with E-state index in [0.29, 0.717) is 6.07 Å². The zero-order chi connectivity index (χ0) is 8.43. The summed E-state index contributed by atoms with van der Waals surface area (Å²) in [7, 11) is 1.15. The van der Waals surface area contributed by atoms with Gasteiger partial charge >= 0.3 is 0 Å². The van der Waals surface area contributed by atoms with Crippen molar-refractivity contribution in [1.82, 2.24) is 0 Å². The van der Waals surface area contributed by atoms with Crippen molar-refractivity contribution in [3.63, 3.8) is 0 Å². The first-order chi connectivity index (χ1) is 5.16. The van der Waals surface area contributed by atoms with Gasteiger partial charge in [-0.15, -0.1) is 0 Å². The number of rotatable bonds is 1. The zero-order valence-electron chi connectivity index (χ0n) is 5.62. The molecule has 59 valence electrons. The number of methoxy groups -OCH3 is 1. The van der Waals surface area contributed by atoms with Crippen LogP contribution in [0.3, 0.4) is 0 Å². The minimum Gasteiger partial charge on any atom is -0.493 e. The molecule has 0 spiro atoms. The van der Waals surface area contributed by atoms with Crippen molar-refractivity contribution >= 4 is 0 Å². The summed E-state index contributed by atoms with van der Waals surface area (Å²) in [6, 6.07) is 2.76. The molecule has 0 aliphatic rings. The molecule has 1 aromatic rings. The van der Waals surface area contributed by atoms with E-state index in [1.54, 1.807) is 0 Å². The predicted molar refractivity (Wildman–Crippen MR) is 31.7 cm³/mol. The van der Waals surface area contributed by atoms with Gasteiger partial charge in [0.25, 0.3) is 0 Å². The largest absolute Gasteiger partial charge is 0.493 e. The van der Waals surface area contributed by atoms with E-state index in [1.807, 2.05) is 0 Å². The second kappa shape index (κ2) is 2.82. The van der Waals surface area contributed by atoms with Gasteiger partial charge in [-0.1, -0.05) is 0 Å². The molecule has 1 radical (unpaired) electrons. The van der Waals surface area contributed by atoms with Crippen LogP contribution in [0.25, 0.3) is 0 Å². The van der Waals surface area contributed by atoms with Crippen LogP contribution in [-0.4, -0.2) is 7.11 Å². The molecule has 0 heterocycles. The van der Waals surface area contributed by atoms with E-state index in [-0.39, 0.29) is 0 Å². The first-order valence-corrected chi connectivity index (χ1v) is 2.76. The highest BCUT2D eigenvalue weighted by molar-refractivity contribution is 5.24. The smallest absolute Gasteiger partial charge is 0.204 e. The Morgan fingerprint density at radius 1 is 1.27 bits per heavy atom. The Labute approximate surface area is 61.4 Å². The van der Waals surface area contributed by atoms with E-state index in [9.17, 15) is 13.2 Å². The zero-order valence-corrected chi connectivity index (χ0v) is 5.62. The maximum atomic E-state index is 12.5.